The molecule has 0 fully saturated rings. The van der Waals surface area contributed by atoms with Crippen molar-refractivity contribution in [3.8, 4) is 0 Å². The van der Waals surface area contributed by atoms with Gasteiger partial charge >= 0.3 is 0 Å². The maximum absolute atomic E-state index is 12.0. The number of carbonyl (C=O) groups is 2. The maximum atomic E-state index is 12.0. The Kier molecular flexibility index (Phi) is 7.50. The second-order valence-corrected chi connectivity index (χ2v) is 4.80. The molecule has 0 aliphatic carbocycles. The lowest BCUT2D eigenvalue weighted by Crippen LogP contribution is -2.49. The summed E-state index contributed by atoms with van der Waals surface area (Å²) in [7, 11) is 1.70. The normalized spacial score (nSPS) is 13.6. The van der Waals surface area contributed by atoms with E-state index in [-0.39, 0.29) is 16.8 Å². The van der Waals surface area contributed by atoms with E-state index >= 15 is 0 Å². The summed E-state index contributed by atoms with van der Waals surface area (Å²) in [5, 5.41) is 2.66. The smallest absolute Gasteiger partial charge is 0.244 e. The van der Waals surface area contributed by atoms with Crippen molar-refractivity contribution < 1.29 is 9.59 Å². The molecule has 5 nitrogen and oxygen atoms in total. The van der Waals surface area contributed by atoms with Crippen molar-refractivity contribution in [3.63, 3.8) is 0 Å². The van der Waals surface area contributed by atoms with Crippen molar-refractivity contribution in [2.45, 2.75) is 39.7 Å². The molecule has 0 heterocycles. The fourth-order valence-corrected chi connectivity index (χ4v) is 1.78. The summed E-state index contributed by atoms with van der Waals surface area (Å²) in [5.41, 5.74) is 5.54. The lowest BCUT2D eigenvalue weighted by Gasteiger charge is -2.22. The molecule has 104 valence electrons. The van der Waals surface area contributed by atoms with E-state index in [4.69, 9.17) is 18.0 Å². The standard InChI is InChI=1S/C12H23N3O2S/c1-5-7-9(10(13)18)11(16)14-8(3)12(17)15(4)6-2/h8-9H,5-7H2,1-4H3,(H2,13,18)(H,14,16). The molecule has 0 saturated heterocycles. The Bertz CT molecular complexity index is 320. The molecule has 0 aliphatic heterocycles. The second kappa shape index (κ2) is 8.02. The third kappa shape index (κ3) is 5.00. The van der Waals surface area contributed by atoms with E-state index in [0.717, 1.165) is 6.42 Å². The number of amides is 2. The minimum Gasteiger partial charge on any atom is -0.393 e. The summed E-state index contributed by atoms with van der Waals surface area (Å²) in [5.74, 6) is -0.883. The van der Waals surface area contributed by atoms with E-state index in [1.807, 2.05) is 13.8 Å². The van der Waals surface area contributed by atoms with Gasteiger partial charge in [0.25, 0.3) is 0 Å². The highest BCUT2D eigenvalue weighted by Gasteiger charge is 2.25. The van der Waals surface area contributed by atoms with Crippen LogP contribution in [0.15, 0.2) is 0 Å². The number of hydrogen-bond acceptors (Lipinski definition) is 3. The fraction of sp³-hybridized carbons (Fsp3) is 0.750. The molecule has 0 spiro atoms. The van der Waals surface area contributed by atoms with Crippen LogP contribution in [-0.4, -0.2) is 41.3 Å². The van der Waals surface area contributed by atoms with E-state index in [0.29, 0.717) is 13.0 Å². The van der Waals surface area contributed by atoms with E-state index in [1.54, 1.807) is 18.9 Å². The Morgan fingerprint density at radius 3 is 2.33 bits per heavy atom. The monoisotopic (exact) mass is 273 g/mol. The van der Waals surface area contributed by atoms with Gasteiger partial charge in [0.05, 0.1) is 10.9 Å². The fourth-order valence-electron chi connectivity index (χ4n) is 1.55. The Hall–Kier alpha value is -1.17. The van der Waals surface area contributed by atoms with Gasteiger partial charge in [-0.05, 0) is 20.3 Å². The van der Waals surface area contributed by atoms with Gasteiger partial charge in [0.15, 0.2) is 0 Å². The van der Waals surface area contributed by atoms with E-state index in [2.05, 4.69) is 5.32 Å². The number of nitrogens with one attached hydrogen (secondary N) is 1. The first-order chi connectivity index (χ1) is 8.34. The SMILES string of the molecule is CCCC(C(=O)NC(C)C(=O)N(C)CC)C(N)=S. The van der Waals surface area contributed by atoms with Crippen LogP contribution < -0.4 is 11.1 Å². The molecule has 0 radical (unpaired) electrons. The van der Waals surface area contributed by atoms with Gasteiger partial charge in [0, 0.05) is 13.6 Å². The van der Waals surface area contributed by atoms with Gasteiger partial charge in [-0.3, -0.25) is 9.59 Å². The zero-order valence-corrected chi connectivity index (χ0v) is 12.3. The molecule has 2 atom stereocenters. The predicted octanol–water partition coefficient (Wildman–Crippen LogP) is 0.672. The predicted molar refractivity (Wildman–Crippen MR) is 76.1 cm³/mol. The average Bonchev–Trinajstić information content (AvgIpc) is 2.33. The van der Waals surface area contributed by atoms with Gasteiger partial charge in [0.2, 0.25) is 11.8 Å². The summed E-state index contributed by atoms with van der Waals surface area (Å²) in [4.78, 5) is 25.5. The molecule has 0 saturated carbocycles. The number of hydrogen-bond donors (Lipinski definition) is 2. The highest BCUT2D eigenvalue weighted by atomic mass is 32.1. The maximum Gasteiger partial charge on any atom is 0.244 e. The molecule has 0 aliphatic rings. The zero-order chi connectivity index (χ0) is 14.3. The van der Waals surface area contributed by atoms with Crippen molar-refractivity contribution in [2.75, 3.05) is 13.6 Å². The van der Waals surface area contributed by atoms with Crippen LogP contribution in [-0.2, 0) is 9.59 Å². The lowest BCUT2D eigenvalue weighted by atomic mass is 10.0. The first kappa shape index (κ1) is 16.8. The highest BCUT2D eigenvalue weighted by molar-refractivity contribution is 7.80. The second-order valence-electron chi connectivity index (χ2n) is 4.33. The Labute approximate surface area is 114 Å². The van der Waals surface area contributed by atoms with Crippen LogP contribution in [0.2, 0.25) is 0 Å². The molecule has 0 aromatic carbocycles. The van der Waals surface area contributed by atoms with Gasteiger partial charge in [-0.1, -0.05) is 25.6 Å². The first-order valence-corrected chi connectivity index (χ1v) is 6.60. The summed E-state index contributed by atoms with van der Waals surface area (Å²) < 4.78 is 0. The molecular weight excluding hydrogens is 250 g/mol. The molecule has 0 rings (SSSR count). The van der Waals surface area contributed by atoms with Gasteiger partial charge in [-0.25, -0.2) is 0 Å². The van der Waals surface area contributed by atoms with Crippen molar-refractivity contribution in [3.05, 3.63) is 0 Å². The molecular formula is C12H23N3O2S. The van der Waals surface area contributed by atoms with Gasteiger partial charge in [-0.15, -0.1) is 0 Å². The van der Waals surface area contributed by atoms with Gasteiger partial charge in [0.1, 0.15) is 6.04 Å². The van der Waals surface area contributed by atoms with Crippen molar-refractivity contribution in [1.29, 1.82) is 0 Å². The highest BCUT2D eigenvalue weighted by Crippen LogP contribution is 2.07. The Morgan fingerprint density at radius 1 is 1.39 bits per heavy atom. The molecule has 2 amide bonds. The number of likely N-dealkylation sites (N-methyl/N-ethyl adjacent to an activating group) is 1. The van der Waals surface area contributed by atoms with Crippen molar-refractivity contribution >= 4 is 29.0 Å². The number of nitrogens with two attached hydrogens (primary N) is 1. The average molecular weight is 273 g/mol. The molecule has 0 aromatic rings. The topological polar surface area (TPSA) is 75.4 Å². The third-order valence-electron chi connectivity index (χ3n) is 2.82. The molecule has 2 unspecified atom stereocenters. The summed E-state index contributed by atoms with van der Waals surface area (Å²) in [6, 6.07) is -0.559. The quantitative estimate of drug-likeness (QED) is 0.669. The van der Waals surface area contributed by atoms with E-state index in [1.165, 1.54) is 0 Å². The van der Waals surface area contributed by atoms with Crippen LogP contribution in [0, 0.1) is 5.92 Å². The van der Waals surface area contributed by atoms with E-state index in [9.17, 15) is 9.59 Å². The Morgan fingerprint density at radius 2 is 1.94 bits per heavy atom. The minimum absolute atomic E-state index is 0.121. The Balaban J connectivity index is 4.53. The van der Waals surface area contributed by atoms with Crippen molar-refractivity contribution in [1.82, 2.24) is 10.2 Å². The van der Waals surface area contributed by atoms with Crippen LogP contribution in [0.25, 0.3) is 0 Å². The van der Waals surface area contributed by atoms with Crippen LogP contribution in [0.3, 0.4) is 0 Å². The molecule has 6 heteroatoms. The summed E-state index contributed by atoms with van der Waals surface area (Å²) >= 11 is 4.87. The van der Waals surface area contributed by atoms with Crippen LogP contribution in [0.4, 0.5) is 0 Å². The largest absolute Gasteiger partial charge is 0.393 e. The first-order valence-electron chi connectivity index (χ1n) is 6.19. The molecule has 18 heavy (non-hydrogen) atoms. The van der Waals surface area contributed by atoms with Crippen LogP contribution in [0.5, 0.6) is 0 Å². The van der Waals surface area contributed by atoms with Gasteiger partial charge in [-0.2, -0.15) is 0 Å². The number of carbonyl (C=O) groups excluding carboxylic acids is 2. The third-order valence-corrected chi connectivity index (χ3v) is 3.10. The summed E-state index contributed by atoms with van der Waals surface area (Å²) in [6.07, 6.45) is 1.41. The number of thiocarbonyl (C=S) groups is 1. The number of nitrogens with zero attached hydrogens (tertiary/aromatic N) is 1. The van der Waals surface area contributed by atoms with Crippen molar-refractivity contribution in [2.24, 2.45) is 11.7 Å². The lowest BCUT2D eigenvalue weighted by molar-refractivity contribution is -0.135. The molecule has 0 aromatic heterocycles. The summed E-state index contributed by atoms with van der Waals surface area (Å²) in [6.45, 7) is 6.10. The van der Waals surface area contributed by atoms with Crippen LogP contribution >= 0.6 is 12.2 Å². The molecule has 3 N–H and O–H groups in total. The van der Waals surface area contributed by atoms with Crippen LogP contribution in [0.1, 0.15) is 33.6 Å². The number of rotatable bonds is 7. The zero-order valence-electron chi connectivity index (χ0n) is 11.5. The van der Waals surface area contributed by atoms with E-state index < -0.39 is 12.0 Å². The van der Waals surface area contributed by atoms with Gasteiger partial charge < -0.3 is 16.0 Å². The minimum atomic E-state index is -0.559. The molecule has 0 bridgehead atoms.